The summed E-state index contributed by atoms with van der Waals surface area (Å²) < 4.78 is 1.20. The van der Waals surface area contributed by atoms with Crippen LogP contribution in [0.4, 0.5) is 0 Å². The largest absolute Gasteiger partial charge is 0.338 e. The minimum Gasteiger partial charge on any atom is -0.338 e. The minimum absolute atomic E-state index is 0. The Morgan fingerprint density at radius 3 is 2.65 bits per heavy atom. The lowest BCUT2D eigenvalue weighted by Crippen LogP contribution is -2.45. The molecule has 1 aromatic heterocycles. The number of nitrogens with zero attached hydrogens (tertiary/aromatic N) is 1. The quantitative estimate of drug-likeness (QED) is 0.906. The Kier molecular flexibility index (Phi) is 5.24. The van der Waals surface area contributed by atoms with Gasteiger partial charge in [-0.25, -0.2) is 0 Å². The van der Waals surface area contributed by atoms with Crippen LogP contribution in [0.1, 0.15) is 36.0 Å². The van der Waals surface area contributed by atoms with E-state index >= 15 is 0 Å². The number of hydrogen-bond donors (Lipinski definition) is 1. The van der Waals surface area contributed by atoms with E-state index in [2.05, 4.69) is 17.4 Å². The maximum absolute atomic E-state index is 12.8. The summed E-state index contributed by atoms with van der Waals surface area (Å²) in [5.74, 6) is 1.13. The molecule has 2 aromatic rings. The van der Waals surface area contributed by atoms with Crippen molar-refractivity contribution < 1.29 is 4.79 Å². The van der Waals surface area contributed by atoms with Crippen molar-refractivity contribution >= 4 is 39.7 Å². The number of piperidine rings is 1. The molecule has 1 aliphatic heterocycles. The van der Waals surface area contributed by atoms with Crippen LogP contribution in [0.25, 0.3) is 10.1 Å². The van der Waals surface area contributed by atoms with Gasteiger partial charge in [0.25, 0.3) is 5.91 Å². The first-order valence-electron chi connectivity index (χ1n) is 8.30. The molecule has 4 rings (SSSR count). The molecule has 0 atom stereocenters. The van der Waals surface area contributed by atoms with Gasteiger partial charge in [-0.1, -0.05) is 18.2 Å². The van der Waals surface area contributed by atoms with Crippen molar-refractivity contribution in [2.75, 3.05) is 19.6 Å². The number of rotatable bonds is 4. The Hall–Kier alpha value is -1.10. The SMILES string of the molecule is Cl.O=C(c1csc2ccccc12)N1CCC(NCC2CC2)CC1. The molecule has 1 aromatic carbocycles. The van der Waals surface area contributed by atoms with Gasteiger partial charge < -0.3 is 10.2 Å². The zero-order valence-electron chi connectivity index (χ0n) is 13.2. The van der Waals surface area contributed by atoms with Gasteiger partial charge in [0, 0.05) is 34.6 Å². The van der Waals surface area contributed by atoms with E-state index in [9.17, 15) is 4.79 Å². The molecular formula is C18H23ClN2OS. The molecule has 2 fully saturated rings. The number of thiophene rings is 1. The third kappa shape index (κ3) is 3.70. The molecule has 2 aliphatic rings. The fourth-order valence-electron chi connectivity index (χ4n) is 3.26. The van der Waals surface area contributed by atoms with Crippen molar-refractivity contribution in [3.8, 4) is 0 Å². The summed E-state index contributed by atoms with van der Waals surface area (Å²) in [5, 5.41) is 6.79. The number of halogens is 1. The summed E-state index contributed by atoms with van der Waals surface area (Å²) in [6.07, 6.45) is 4.96. The second-order valence-electron chi connectivity index (χ2n) is 6.56. The zero-order valence-corrected chi connectivity index (χ0v) is 14.8. The number of likely N-dealkylation sites (tertiary alicyclic amines) is 1. The maximum atomic E-state index is 12.8. The highest BCUT2D eigenvalue weighted by molar-refractivity contribution is 7.17. The predicted molar refractivity (Wildman–Crippen MR) is 98.7 cm³/mol. The maximum Gasteiger partial charge on any atom is 0.255 e. The third-order valence-corrected chi connectivity index (χ3v) is 5.85. The molecule has 23 heavy (non-hydrogen) atoms. The van der Waals surface area contributed by atoms with Gasteiger partial charge >= 0.3 is 0 Å². The van der Waals surface area contributed by atoms with E-state index in [0.717, 1.165) is 42.8 Å². The molecule has 3 nitrogen and oxygen atoms in total. The van der Waals surface area contributed by atoms with E-state index in [-0.39, 0.29) is 18.3 Å². The van der Waals surface area contributed by atoms with Crippen molar-refractivity contribution in [2.24, 2.45) is 5.92 Å². The summed E-state index contributed by atoms with van der Waals surface area (Å²) in [6.45, 7) is 2.93. The van der Waals surface area contributed by atoms with E-state index in [1.807, 2.05) is 22.4 Å². The number of hydrogen-bond acceptors (Lipinski definition) is 3. The molecule has 0 radical (unpaired) electrons. The molecule has 0 unspecified atom stereocenters. The summed E-state index contributed by atoms with van der Waals surface area (Å²) in [5.41, 5.74) is 0.880. The first-order chi connectivity index (χ1) is 10.8. The summed E-state index contributed by atoms with van der Waals surface area (Å²) in [4.78, 5) is 14.8. The second-order valence-corrected chi connectivity index (χ2v) is 7.47. The number of amides is 1. The molecule has 2 heterocycles. The van der Waals surface area contributed by atoms with Gasteiger partial charge in [-0.3, -0.25) is 4.79 Å². The van der Waals surface area contributed by atoms with Gasteiger partial charge in [0.2, 0.25) is 0 Å². The molecule has 1 saturated carbocycles. The summed E-state index contributed by atoms with van der Waals surface area (Å²) in [6, 6.07) is 8.79. The molecule has 1 N–H and O–H groups in total. The number of carbonyl (C=O) groups excluding carboxylic acids is 1. The average molecular weight is 351 g/mol. The van der Waals surface area contributed by atoms with Crippen LogP contribution >= 0.6 is 23.7 Å². The molecular weight excluding hydrogens is 328 g/mol. The van der Waals surface area contributed by atoms with Crippen LogP contribution in [-0.2, 0) is 0 Å². The lowest BCUT2D eigenvalue weighted by molar-refractivity contribution is 0.0707. The summed E-state index contributed by atoms with van der Waals surface area (Å²) >= 11 is 1.67. The fraction of sp³-hybridized carbons (Fsp3) is 0.500. The first-order valence-corrected chi connectivity index (χ1v) is 9.18. The highest BCUT2D eigenvalue weighted by Gasteiger charge is 2.27. The molecule has 1 saturated heterocycles. The van der Waals surface area contributed by atoms with Crippen LogP contribution in [0.5, 0.6) is 0 Å². The fourth-order valence-corrected chi connectivity index (χ4v) is 4.19. The van der Waals surface area contributed by atoms with E-state index < -0.39 is 0 Å². The third-order valence-electron chi connectivity index (χ3n) is 4.89. The molecule has 124 valence electrons. The smallest absolute Gasteiger partial charge is 0.255 e. The molecule has 1 aliphatic carbocycles. The van der Waals surface area contributed by atoms with E-state index in [1.165, 1.54) is 24.1 Å². The lowest BCUT2D eigenvalue weighted by Gasteiger charge is -2.32. The van der Waals surface area contributed by atoms with E-state index in [1.54, 1.807) is 11.3 Å². The van der Waals surface area contributed by atoms with Crippen LogP contribution in [0.15, 0.2) is 29.6 Å². The number of carbonyl (C=O) groups is 1. The molecule has 5 heteroatoms. The normalized spacial score (nSPS) is 18.9. The highest BCUT2D eigenvalue weighted by Crippen LogP contribution is 2.29. The minimum atomic E-state index is 0. The Morgan fingerprint density at radius 2 is 1.91 bits per heavy atom. The van der Waals surface area contributed by atoms with E-state index in [0.29, 0.717) is 6.04 Å². The lowest BCUT2D eigenvalue weighted by atomic mass is 10.0. The van der Waals surface area contributed by atoms with Gasteiger partial charge in [-0.15, -0.1) is 23.7 Å². The van der Waals surface area contributed by atoms with Gasteiger partial charge in [0.05, 0.1) is 5.56 Å². The Bertz CT molecular complexity index is 674. The van der Waals surface area contributed by atoms with Crippen molar-refractivity contribution in [3.05, 3.63) is 35.2 Å². The van der Waals surface area contributed by atoms with Crippen molar-refractivity contribution in [1.82, 2.24) is 10.2 Å². The Morgan fingerprint density at radius 1 is 1.17 bits per heavy atom. The Balaban J connectivity index is 0.00000156. The van der Waals surface area contributed by atoms with Crippen LogP contribution in [-0.4, -0.2) is 36.5 Å². The van der Waals surface area contributed by atoms with Crippen LogP contribution in [0, 0.1) is 5.92 Å². The average Bonchev–Trinajstić information content (AvgIpc) is 3.30. The van der Waals surface area contributed by atoms with Gasteiger partial charge in [-0.05, 0) is 44.2 Å². The van der Waals surface area contributed by atoms with Crippen LogP contribution in [0.3, 0.4) is 0 Å². The second kappa shape index (κ2) is 7.20. The van der Waals surface area contributed by atoms with Gasteiger partial charge in [0.1, 0.15) is 0 Å². The van der Waals surface area contributed by atoms with Crippen LogP contribution < -0.4 is 5.32 Å². The zero-order chi connectivity index (χ0) is 14.9. The topological polar surface area (TPSA) is 32.3 Å². The highest BCUT2D eigenvalue weighted by atomic mass is 35.5. The van der Waals surface area contributed by atoms with Gasteiger partial charge in [0.15, 0.2) is 0 Å². The standard InChI is InChI=1S/C18H22N2OS.ClH/c21-18(16-12-22-17-4-2-1-3-15(16)17)20-9-7-14(8-10-20)19-11-13-5-6-13;/h1-4,12-14,19H,5-11H2;1H. The monoisotopic (exact) mass is 350 g/mol. The molecule has 0 spiro atoms. The van der Waals surface area contributed by atoms with E-state index in [4.69, 9.17) is 0 Å². The Labute approximate surface area is 147 Å². The number of fused-ring (bicyclic) bond motifs is 1. The van der Waals surface area contributed by atoms with Crippen molar-refractivity contribution in [1.29, 1.82) is 0 Å². The predicted octanol–water partition coefficient (Wildman–Crippen LogP) is 3.93. The van der Waals surface area contributed by atoms with Crippen molar-refractivity contribution in [3.63, 3.8) is 0 Å². The first kappa shape index (κ1) is 16.7. The molecule has 0 bridgehead atoms. The van der Waals surface area contributed by atoms with Crippen LogP contribution in [0.2, 0.25) is 0 Å². The van der Waals surface area contributed by atoms with Gasteiger partial charge in [-0.2, -0.15) is 0 Å². The number of nitrogens with one attached hydrogen (secondary N) is 1. The summed E-state index contributed by atoms with van der Waals surface area (Å²) in [7, 11) is 0. The molecule has 1 amide bonds. The number of benzene rings is 1. The van der Waals surface area contributed by atoms with Crippen molar-refractivity contribution in [2.45, 2.75) is 31.7 Å².